The van der Waals surface area contributed by atoms with Crippen LogP contribution in [-0.2, 0) is 17.9 Å². The van der Waals surface area contributed by atoms with Crippen LogP contribution in [0.3, 0.4) is 0 Å². The molecule has 1 aliphatic carbocycles. The van der Waals surface area contributed by atoms with Crippen molar-refractivity contribution in [2.45, 2.75) is 63.7 Å². The second-order valence-corrected chi connectivity index (χ2v) is 9.34. The van der Waals surface area contributed by atoms with Crippen molar-refractivity contribution in [2.75, 3.05) is 7.11 Å². The van der Waals surface area contributed by atoms with Gasteiger partial charge < -0.3 is 19.4 Å². The van der Waals surface area contributed by atoms with E-state index in [1.54, 1.807) is 41.2 Å². The first-order chi connectivity index (χ1) is 16.5. The number of para-hydroxylation sites is 1. The Hall–Kier alpha value is -3.55. The highest BCUT2D eigenvalue weighted by Crippen LogP contribution is 2.33. The third kappa shape index (κ3) is 3.97. The number of rotatable bonds is 6. The van der Waals surface area contributed by atoms with E-state index in [2.05, 4.69) is 10.4 Å². The first kappa shape index (κ1) is 22.3. The van der Waals surface area contributed by atoms with E-state index < -0.39 is 5.54 Å². The van der Waals surface area contributed by atoms with E-state index in [-0.39, 0.29) is 30.9 Å². The maximum absolute atomic E-state index is 13.8. The number of hydrogen-bond donors (Lipinski definition) is 1. The van der Waals surface area contributed by atoms with Gasteiger partial charge in [-0.1, -0.05) is 37.5 Å². The number of furan rings is 1. The maximum atomic E-state index is 13.8. The van der Waals surface area contributed by atoms with Gasteiger partial charge in [0.1, 0.15) is 22.7 Å². The van der Waals surface area contributed by atoms with Gasteiger partial charge in [0.25, 0.3) is 5.91 Å². The summed E-state index contributed by atoms with van der Waals surface area (Å²) in [6, 6.07) is 13.0. The summed E-state index contributed by atoms with van der Waals surface area (Å²) in [5.74, 6) is 0.868. The molecule has 2 amide bonds. The van der Waals surface area contributed by atoms with Gasteiger partial charge in [-0.25, -0.2) is 0 Å². The van der Waals surface area contributed by atoms with Crippen molar-refractivity contribution >= 4 is 11.8 Å². The Kier molecular flexibility index (Phi) is 5.89. The molecule has 1 aliphatic heterocycles. The second-order valence-electron chi connectivity index (χ2n) is 9.34. The molecule has 1 fully saturated rings. The first-order valence-corrected chi connectivity index (χ1v) is 11.9. The van der Waals surface area contributed by atoms with Crippen molar-refractivity contribution in [3.8, 4) is 17.2 Å². The molecule has 0 radical (unpaired) electrons. The third-order valence-corrected chi connectivity index (χ3v) is 7.02. The van der Waals surface area contributed by atoms with Crippen LogP contribution in [0.25, 0.3) is 11.5 Å². The number of benzene rings is 1. The lowest BCUT2D eigenvalue weighted by atomic mass is 9.91. The Balaban J connectivity index is 1.52. The summed E-state index contributed by atoms with van der Waals surface area (Å²) < 4.78 is 12.7. The van der Waals surface area contributed by atoms with Gasteiger partial charge in [0.2, 0.25) is 5.91 Å². The molecule has 0 unspecified atom stereocenters. The summed E-state index contributed by atoms with van der Waals surface area (Å²) in [7, 11) is 1.61. The van der Waals surface area contributed by atoms with E-state index in [1.807, 2.05) is 31.2 Å². The fourth-order valence-corrected chi connectivity index (χ4v) is 5.03. The number of carbonyl (C=O) groups is 2. The van der Waals surface area contributed by atoms with Gasteiger partial charge >= 0.3 is 0 Å². The Labute approximate surface area is 198 Å². The highest BCUT2D eigenvalue weighted by atomic mass is 16.5. The summed E-state index contributed by atoms with van der Waals surface area (Å²) in [5.41, 5.74) is 0.732. The van der Waals surface area contributed by atoms with Gasteiger partial charge in [-0.15, -0.1) is 0 Å². The fourth-order valence-electron chi connectivity index (χ4n) is 5.03. The smallest absolute Gasteiger partial charge is 0.273 e. The molecule has 0 bridgehead atoms. The Bertz CT molecular complexity index is 1180. The summed E-state index contributed by atoms with van der Waals surface area (Å²) >= 11 is 0. The van der Waals surface area contributed by atoms with Crippen molar-refractivity contribution in [1.29, 1.82) is 0 Å². The molecule has 0 spiro atoms. The molecule has 2 aliphatic rings. The van der Waals surface area contributed by atoms with Crippen molar-refractivity contribution in [1.82, 2.24) is 20.0 Å². The van der Waals surface area contributed by atoms with Gasteiger partial charge in [0.15, 0.2) is 5.76 Å². The van der Waals surface area contributed by atoms with E-state index in [1.165, 1.54) is 6.42 Å². The highest BCUT2D eigenvalue weighted by Gasteiger charge is 2.48. The minimum Gasteiger partial charge on any atom is -0.496 e. The van der Waals surface area contributed by atoms with Gasteiger partial charge in [0, 0.05) is 17.7 Å². The zero-order valence-corrected chi connectivity index (χ0v) is 19.6. The monoisotopic (exact) mass is 462 g/mol. The number of carbonyl (C=O) groups excluding carboxylic acids is 2. The fraction of sp³-hybridized carbons (Fsp3) is 0.423. The minimum atomic E-state index is -1.12. The quantitative estimate of drug-likeness (QED) is 0.598. The average molecular weight is 463 g/mol. The van der Waals surface area contributed by atoms with Crippen LogP contribution in [0.15, 0.2) is 53.1 Å². The van der Waals surface area contributed by atoms with Crippen LogP contribution in [0.5, 0.6) is 5.75 Å². The Morgan fingerprint density at radius 1 is 1.21 bits per heavy atom. The maximum Gasteiger partial charge on any atom is 0.273 e. The molecule has 178 valence electrons. The topological polar surface area (TPSA) is 89.6 Å². The number of nitrogens with one attached hydrogen (secondary N) is 1. The first-order valence-electron chi connectivity index (χ1n) is 11.9. The summed E-state index contributed by atoms with van der Waals surface area (Å²) in [6.07, 6.45) is 6.94. The predicted octanol–water partition coefficient (Wildman–Crippen LogP) is 4.02. The summed E-state index contributed by atoms with van der Waals surface area (Å²) in [6.45, 7) is 2.33. The lowest BCUT2D eigenvalue weighted by Gasteiger charge is -2.44. The zero-order valence-electron chi connectivity index (χ0n) is 19.6. The van der Waals surface area contributed by atoms with Crippen molar-refractivity contribution in [3.63, 3.8) is 0 Å². The van der Waals surface area contributed by atoms with Crippen LogP contribution < -0.4 is 10.1 Å². The molecule has 8 heteroatoms. The number of aromatic nitrogens is 2. The average Bonchev–Trinajstić information content (AvgIpc) is 3.53. The van der Waals surface area contributed by atoms with Crippen molar-refractivity contribution in [3.05, 3.63) is 60.0 Å². The third-order valence-electron chi connectivity index (χ3n) is 7.02. The molecular weight excluding hydrogens is 432 g/mol. The minimum absolute atomic E-state index is 0.138. The standard InChI is InChI=1S/C26H30N4O4/c1-26(25(32)27-19-10-4-3-5-11-19)17-30-21(15-20(28-30)23-13-8-14-34-23)24(31)29(26)16-18-9-6-7-12-22(18)33-2/h6-9,12-15,19H,3-5,10-11,16-17H2,1-2H3,(H,27,32)/t26-/m1/s1. The SMILES string of the molecule is COc1ccccc1CN1C(=O)c2cc(-c3ccco3)nn2C[C@]1(C)C(=O)NC1CCCCC1. The number of hydrogen-bond acceptors (Lipinski definition) is 5. The molecule has 5 rings (SSSR count). The molecule has 1 N–H and O–H groups in total. The van der Waals surface area contributed by atoms with E-state index in [0.29, 0.717) is 22.9 Å². The van der Waals surface area contributed by atoms with Crippen LogP contribution >= 0.6 is 0 Å². The largest absolute Gasteiger partial charge is 0.496 e. The molecule has 1 aromatic carbocycles. The van der Waals surface area contributed by atoms with E-state index >= 15 is 0 Å². The molecule has 3 heterocycles. The molecule has 1 atom stereocenters. The van der Waals surface area contributed by atoms with Gasteiger partial charge in [-0.3, -0.25) is 14.3 Å². The lowest BCUT2D eigenvalue weighted by Crippen LogP contribution is -2.64. The van der Waals surface area contributed by atoms with Crippen LogP contribution in [0, 0.1) is 0 Å². The number of methoxy groups -OCH3 is 1. The molecule has 3 aromatic rings. The lowest BCUT2D eigenvalue weighted by molar-refractivity contribution is -0.134. The van der Waals surface area contributed by atoms with Crippen LogP contribution in [0.1, 0.15) is 55.1 Å². The number of nitrogens with zero attached hydrogens (tertiary/aromatic N) is 3. The van der Waals surface area contributed by atoms with Gasteiger partial charge in [-0.05, 0) is 38.0 Å². The highest BCUT2D eigenvalue weighted by molar-refractivity contribution is 6.00. The molecule has 1 saturated carbocycles. The number of amides is 2. The molecule has 8 nitrogen and oxygen atoms in total. The summed E-state index contributed by atoms with van der Waals surface area (Å²) in [5, 5.41) is 7.85. The predicted molar refractivity (Wildman–Crippen MR) is 126 cm³/mol. The molecule has 0 saturated heterocycles. The van der Waals surface area contributed by atoms with E-state index in [0.717, 1.165) is 31.2 Å². The summed E-state index contributed by atoms with van der Waals surface area (Å²) in [4.78, 5) is 29.2. The van der Waals surface area contributed by atoms with Gasteiger partial charge in [0.05, 0.1) is 26.5 Å². The van der Waals surface area contributed by atoms with Crippen molar-refractivity contribution in [2.24, 2.45) is 0 Å². The van der Waals surface area contributed by atoms with Crippen LogP contribution in [-0.4, -0.2) is 45.2 Å². The number of ether oxygens (including phenoxy) is 1. The van der Waals surface area contributed by atoms with E-state index in [9.17, 15) is 9.59 Å². The zero-order chi connectivity index (χ0) is 23.7. The molecule has 2 aromatic heterocycles. The van der Waals surface area contributed by atoms with Gasteiger partial charge in [-0.2, -0.15) is 5.10 Å². The van der Waals surface area contributed by atoms with Crippen LogP contribution in [0.4, 0.5) is 0 Å². The van der Waals surface area contributed by atoms with Crippen LogP contribution in [0.2, 0.25) is 0 Å². The molecular formula is C26H30N4O4. The Morgan fingerprint density at radius 2 is 2.00 bits per heavy atom. The normalized spacial score (nSPS) is 20.8. The number of fused-ring (bicyclic) bond motifs is 1. The Morgan fingerprint density at radius 3 is 2.74 bits per heavy atom. The second kappa shape index (κ2) is 9.00. The van der Waals surface area contributed by atoms with E-state index in [4.69, 9.17) is 9.15 Å². The van der Waals surface area contributed by atoms with Crippen molar-refractivity contribution < 1.29 is 18.7 Å². The molecule has 34 heavy (non-hydrogen) atoms.